The zero-order valence-electron chi connectivity index (χ0n) is 55.0. The number of rotatable bonds is 28. The molecule has 0 spiro atoms. The lowest BCUT2D eigenvalue weighted by molar-refractivity contribution is -0.120. The van der Waals surface area contributed by atoms with E-state index in [1.165, 1.54) is 62.0 Å². The van der Waals surface area contributed by atoms with Gasteiger partial charge in [-0.1, -0.05) is 41.4 Å². The number of thiazole rings is 2. The Kier molecular flexibility index (Phi) is 26.6. The zero-order chi connectivity index (χ0) is 71.6. The van der Waals surface area contributed by atoms with Crippen molar-refractivity contribution in [2.75, 3.05) is 99.0 Å². The number of aromatic nitrogens is 5. The Hall–Kier alpha value is -9.30. The Morgan fingerprint density at radius 3 is 1.23 bits per heavy atom. The number of azo groups is 2. The molecule has 524 valence electrons. The average Bonchev–Trinajstić information content (AvgIpc) is 1.78. The molecule has 7 aromatic rings. The molecule has 0 bridgehead atoms. The largest absolute Gasteiger partial charge is 0.425 e. The molecule has 9 rings (SSSR count). The summed E-state index contributed by atoms with van der Waals surface area (Å²) in [6.07, 6.45) is 8.65. The Morgan fingerprint density at radius 2 is 0.909 bits per heavy atom. The third kappa shape index (κ3) is 21.1. The van der Waals surface area contributed by atoms with E-state index in [1.807, 2.05) is 43.3 Å². The highest BCUT2D eigenvalue weighted by Gasteiger charge is 2.26. The average molecular weight is 1470 g/mol. The second-order valence-corrected chi connectivity index (χ2v) is 28.4. The fraction of sp³-hybridized carbons (Fsp3) is 0.349. The van der Waals surface area contributed by atoms with Crippen LogP contribution in [0.4, 0.5) is 79.3 Å². The summed E-state index contributed by atoms with van der Waals surface area (Å²) in [5.74, 6) is -0.474. The summed E-state index contributed by atoms with van der Waals surface area (Å²) in [6.45, 7) is 18.3. The third-order valence-corrected chi connectivity index (χ3v) is 19.5. The monoisotopic (exact) mass is 1470 g/mol. The molecule has 0 unspecified atom stereocenters. The van der Waals surface area contributed by atoms with Crippen LogP contribution in [0, 0.1) is 0 Å². The highest BCUT2D eigenvalue weighted by molar-refractivity contribution is 7.99. The molecule has 2 fully saturated rings. The first-order valence-corrected chi connectivity index (χ1v) is 37.8. The van der Waals surface area contributed by atoms with Crippen LogP contribution in [0.1, 0.15) is 96.7 Å². The first-order valence-electron chi connectivity index (χ1n) is 31.3. The number of hydrogen-bond acceptors (Lipinski definition) is 29. The van der Waals surface area contributed by atoms with E-state index in [0.29, 0.717) is 107 Å². The van der Waals surface area contributed by atoms with Gasteiger partial charge in [0.25, 0.3) is 32.1 Å². The minimum atomic E-state index is -4.47. The Bertz CT molecular complexity index is 4300. The van der Waals surface area contributed by atoms with Gasteiger partial charge in [0.1, 0.15) is 23.0 Å². The van der Waals surface area contributed by atoms with Crippen molar-refractivity contribution in [2.45, 2.75) is 102 Å². The third-order valence-electron chi connectivity index (χ3n) is 15.3. The van der Waals surface area contributed by atoms with Crippen LogP contribution in [-0.4, -0.2) is 145 Å². The quantitative estimate of drug-likeness (QED) is 0.00662. The number of anilines is 10. The van der Waals surface area contributed by atoms with E-state index < -0.39 is 54.2 Å². The zero-order valence-corrected chi connectivity index (χ0v) is 59.9. The fourth-order valence-electron chi connectivity index (χ4n) is 10.4. The second-order valence-electron chi connectivity index (χ2n) is 21.9. The summed E-state index contributed by atoms with van der Waals surface area (Å²) in [7, 11) is -12.1. The molecule has 2 aliphatic heterocycles. The van der Waals surface area contributed by atoms with Gasteiger partial charge < -0.3 is 40.9 Å². The van der Waals surface area contributed by atoms with E-state index in [1.54, 1.807) is 0 Å². The van der Waals surface area contributed by atoms with Gasteiger partial charge in [0.2, 0.25) is 22.2 Å². The number of ketones is 2. The first kappa shape index (κ1) is 75.5. The Balaban J connectivity index is 0.00000304. The van der Waals surface area contributed by atoms with E-state index in [2.05, 4.69) is 78.8 Å². The second kappa shape index (κ2) is 35.0. The van der Waals surface area contributed by atoms with Crippen LogP contribution in [0.15, 0.2) is 131 Å². The van der Waals surface area contributed by atoms with E-state index in [-0.39, 0.29) is 54.5 Å². The molecular formula is C63H73N17O13S6. The van der Waals surface area contributed by atoms with Crippen molar-refractivity contribution >= 4 is 180 Å². The molecule has 0 atom stereocenters. The lowest BCUT2D eigenvalue weighted by Gasteiger charge is -2.27. The molecule has 0 radical (unpaired) electrons. The summed E-state index contributed by atoms with van der Waals surface area (Å²) in [6, 6.07) is 21.2. The Morgan fingerprint density at radius 1 is 0.545 bits per heavy atom. The fourth-order valence-corrected chi connectivity index (χ4v) is 13.6. The standard InChI is InChI=1S/C63H73N17O10S5.O3S/c1-8-77(9-2)43-23-29-49(73-75-62-68-55(79-31-15-13-16-32-79)53(92-62)37-47(39(6)81)57(83)64-41-19-25-45(26-20-41)94(85,86)87)51(35-43)66-59-70-60(72-61(71-59)91-12-5)67-52-36-44(78(10-3)11-4)24-30-50(52)74-76-63-69-56(80-33-17-14-18-34-80)54(93-63)38-48(40(7)82)58(84)65-42-21-27-46(28-22-42)95(88,89)90;1-4(2)3/h19-30,35-38H,8-18,31-34H2,1-7H3,(H,64,83)(H,65,84)(H,85,86,87)(H,88,89,90)(H2,66,67,70,71,72);/b47-37-,48-38+,75-73?,76-74?;. The molecule has 4 aromatic carbocycles. The molecule has 30 nitrogen and oxygen atoms in total. The normalized spacial score (nSPS) is 13.8. The minimum Gasteiger partial charge on any atom is -0.372 e. The van der Waals surface area contributed by atoms with E-state index >= 15 is 0 Å². The van der Waals surface area contributed by atoms with Gasteiger partial charge in [-0.15, -0.1) is 33.1 Å². The van der Waals surface area contributed by atoms with Crippen molar-refractivity contribution < 1.29 is 57.7 Å². The van der Waals surface area contributed by atoms with Crippen molar-refractivity contribution in [2.24, 2.45) is 20.5 Å². The molecule has 99 heavy (non-hydrogen) atoms. The minimum absolute atomic E-state index is 0.176. The van der Waals surface area contributed by atoms with Crippen molar-refractivity contribution in [3.8, 4) is 0 Å². The van der Waals surface area contributed by atoms with Crippen molar-refractivity contribution in [3.05, 3.63) is 106 Å². The number of thioether (sulfide) groups is 1. The molecule has 5 heterocycles. The van der Waals surface area contributed by atoms with Crippen molar-refractivity contribution in [1.82, 2.24) is 24.9 Å². The van der Waals surface area contributed by atoms with Crippen LogP contribution in [0.3, 0.4) is 0 Å². The number of benzene rings is 4. The maximum atomic E-state index is 13.7. The number of carbonyl (C=O) groups excluding carboxylic acids is 4. The molecule has 0 saturated carbocycles. The molecule has 6 N–H and O–H groups in total. The number of piperidine rings is 2. The lowest BCUT2D eigenvalue weighted by atomic mass is 10.1. The molecular weight excluding hydrogens is 1400 g/mol. The number of Topliss-reactive ketones (excluding diaryl/α,β-unsaturated/α-hetero) is 2. The number of hydrogen-bond donors (Lipinski definition) is 6. The number of nitrogens with one attached hydrogen (secondary N) is 4. The molecule has 2 aliphatic rings. The maximum absolute atomic E-state index is 13.7. The van der Waals surface area contributed by atoms with Crippen LogP contribution < -0.4 is 40.9 Å². The number of carbonyl (C=O) groups is 4. The summed E-state index contributed by atoms with van der Waals surface area (Å²) in [4.78, 5) is 87.0. The smallest absolute Gasteiger partial charge is 0.372 e. The van der Waals surface area contributed by atoms with Crippen LogP contribution in [-0.2, 0) is 50.0 Å². The van der Waals surface area contributed by atoms with Crippen LogP contribution in [0.25, 0.3) is 12.2 Å². The van der Waals surface area contributed by atoms with Gasteiger partial charge in [-0.05, 0) is 183 Å². The van der Waals surface area contributed by atoms with Crippen molar-refractivity contribution in [3.63, 3.8) is 0 Å². The molecule has 36 heteroatoms. The van der Waals surface area contributed by atoms with Crippen LogP contribution >= 0.6 is 34.4 Å². The van der Waals surface area contributed by atoms with Crippen LogP contribution in [0.5, 0.6) is 0 Å². The number of amides is 2. The van der Waals surface area contributed by atoms with Gasteiger partial charge in [0, 0.05) is 75.1 Å². The molecule has 0 aliphatic carbocycles. The summed E-state index contributed by atoms with van der Waals surface area (Å²) < 4.78 is 90.9. The topological polar surface area (TPSA) is 403 Å². The maximum Gasteiger partial charge on any atom is 0.425 e. The summed E-state index contributed by atoms with van der Waals surface area (Å²) >= 11 is 3.70. The lowest BCUT2D eigenvalue weighted by Crippen LogP contribution is -2.30. The molecule has 2 saturated heterocycles. The van der Waals surface area contributed by atoms with E-state index in [0.717, 1.165) is 96.8 Å². The SMILES string of the molecule is CCSc1nc(Nc2cc(N(CC)CC)ccc2N=Nc2nc(N3CCCCC3)c(/C=C(/C(C)=O)C(=O)Nc3ccc(S(=O)(=O)O)cc3)s2)nc(Nc2cc(N(CC)CC)ccc2N=Nc2nc(N3CCCCC3)c(/C=C(\C(C)=O)C(=O)Nc3ccc(S(=O)(=O)O)cc3)s2)n1.O=S(=O)=O. The van der Waals surface area contributed by atoms with Gasteiger partial charge in [-0.2, -0.15) is 41.8 Å². The van der Waals surface area contributed by atoms with E-state index in [4.69, 9.17) is 47.8 Å². The van der Waals surface area contributed by atoms with Gasteiger partial charge in [-0.25, -0.2) is 0 Å². The summed E-state index contributed by atoms with van der Waals surface area (Å²) in [5.41, 5.74) is 3.62. The van der Waals surface area contributed by atoms with Gasteiger partial charge in [0.05, 0.1) is 42.1 Å². The summed E-state index contributed by atoms with van der Waals surface area (Å²) in [5, 5.41) is 31.9. The molecule has 3 aromatic heterocycles. The van der Waals surface area contributed by atoms with Crippen molar-refractivity contribution in [1.29, 1.82) is 0 Å². The predicted octanol–water partition coefficient (Wildman–Crippen LogP) is 12.6. The van der Waals surface area contributed by atoms with Gasteiger partial charge in [0.15, 0.2) is 16.7 Å². The molecule has 2 amide bonds. The first-order chi connectivity index (χ1) is 47.3. The predicted molar refractivity (Wildman–Crippen MR) is 384 cm³/mol. The van der Waals surface area contributed by atoms with Gasteiger partial charge in [-0.3, -0.25) is 28.3 Å². The number of nitrogens with zero attached hydrogens (tertiary/aromatic N) is 13. The highest BCUT2D eigenvalue weighted by Crippen LogP contribution is 2.41. The highest BCUT2D eigenvalue weighted by atomic mass is 32.2. The van der Waals surface area contributed by atoms with E-state index in [9.17, 15) is 45.1 Å². The Labute approximate surface area is 586 Å². The van der Waals surface area contributed by atoms with Gasteiger partial charge >= 0.3 is 10.6 Å². The van der Waals surface area contributed by atoms with Crippen LogP contribution in [0.2, 0.25) is 0 Å².